The molecule has 0 aromatic rings. The Bertz CT molecular complexity index is 1320. The van der Waals surface area contributed by atoms with Crippen LogP contribution in [0.3, 0.4) is 0 Å². The molecule has 51 heavy (non-hydrogen) atoms. The molecule has 0 amide bonds. The highest BCUT2D eigenvalue weighted by atomic mass is 16.8. The number of ether oxygens (including phenoxy) is 6. The summed E-state index contributed by atoms with van der Waals surface area (Å²) in [6, 6.07) is 0. The smallest absolute Gasteiger partial charge is 0.187 e. The van der Waals surface area contributed by atoms with Gasteiger partial charge in [0.15, 0.2) is 18.4 Å². The van der Waals surface area contributed by atoms with Gasteiger partial charge in [0, 0.05) is 24.2 Å². The van der Waals surface area contributed by atoms with E-state index in [1.165, 1.54) is 5.57 Å². The Morgan fingerprint density at radius 3 is 2.18 bits per heavy atom. The van der Waals surface area contributed by atoms with Crippen LogP contribution in [0.1, 0.15) is 92.9 Å². The standard InChI is InChI=1S/C39H62O12/c1-17-9-12-39(46-16-17)18(2)28-26(51-39)15-25-23-8-7-21-13-22(40)14-27(38(21,6)24(23)10-11-37(25,28)5)49-36-34(32(44)30(42)20(4)48-36)50-35-33(45)31(43)29(41)19(3)47-35/h7,17-20,22-36,40-45H,8-16H2,1-6H3/t17?,18-,19-,20+,22?,23+,24-,25-,26-,27?,28-,29-,30-,31+,32-,33+,34+,35-,36-,37-,38-,39+/m0/s1. The van der Waals surface area contributed by atoms with Crippen LogP contribution in [0.25, 0.3) is 0 Å². The lowest BCUT2D eigenvalue weighted by atomic mass is 9.46. The molecule has 0 radical (unpaired) electrons. The minimum atomic E-state index is -1.61. The Balaban J connectivity index is 1.05. The van der Waals surface area contributed by atoms with Gasteiger partial charge in [-0.3, -0.25) is 0 Å². The van der Waals surface area contributed by atoms with Crippen LogP contribution in [0.2, 0.25) is 0 Å². The van der Waals surface area contributed by atoms with Gasteiger partial charge < -0.3 is 59.1 Å². The highest BCUT2D eigenvalue weighted by Gasteiger charge is 2.69. The van der Waals surface area contributed by atoms with Gasteiger partial charge in [-0.25, -0.2) is 0 Å². The highest BCUT2D eigenvalue weighted by Crippen LogP contribution is 2.71. The number of hydrogen-bond donors (Lipinski definition) is 6. The zero-order valence-corrected chi connectivity index (χ0v) is 31.0. The maximum Gasteiger partial charge on any atom is 0.187 e. The number of fused-ring (bicyclic) bond motifs is 7. The van der Waals surface area contributed by atoms with Crippen LogP contribution in [0, 0.1) is 46.3 Å². The molecule has 4 heterocycles. The predicted molar refractivity (Wildman–Crippen MR) is 182 cm³/mol. The Labute approximate surface area is 301 Å². The molecule has 0 aromatic carbocycles. The molecular formula is C39H62O12. The van der Waals surface area contributed by atoms with Crippen LogP contribution in [0.5, 0.6) is 0 Å². The summed E-state index contributed by atoms with van der Waals surface area (Å²) in [6.07, 6.45) is -4.22. The molecule has 4 saturated heterocycles. The SMILES string of the molecule is CC1CC[C@@]2(OC1)O[C@H]1C[C@H]3[C@@H]4CC=C5CC(O)CC(O[C@@H]6O[C@H](C)[C@H](O)[C@H](O)[C@H]6O[C@@H]6O[C@@H](C)[C@H](O)[C@@H](O)[C@H]6O)[C@]5(C)[C@H]4CC[C@]3(C)[C@H]1[C@@H]2C. The van der Waals surface area contributed by atoms with Gasteiger partial charge in [0.2, 0.25) is 0 Å². The second-order valence-electron chi connectivity index (χ2n) is 18.3. The predicted octanol–water partition coefficient (Wildman–Crippen LogP) is 2.39. The van der Waals surface area contributed by atoms with Gasteiger partial charge in [0.25, 0.3) is 0 Å². The molecule has 12 nitrogen and oxygen atoms in total. The first kappa shape index (κ1) is 37.2. The number of aliphatic hydroxyl groups is 6. The molecule has 3 unspecified atom stereocenters. The minimum Gasteiger partial charge on any atom is -0.393 e. The zero-order chi connectivity index (χ0) is 36.4. The summed E-state index contributed by atoms with van der Waals surface area (Å²) >= 11 is 0. The zero-order valence-electron chi connectivity index (χ0n) is 31.0. The fourth-order valence-electron chi connectivity index (χ4n) is 12.6. The minimum absolute atomic E-state index is 0.130. The first-order chi connectivity index (χ1) is 24.1. The lowest BCUT2D eigenvalue weighted by Gasteiger charge is -2.60. The van der Waals surface area contributed by atoms with Crippen molar-refractivity contribution in [3.8, 4) is 0 Å². The summed E-state index contributed by atoms with van der Waals surface area (Å²) in [7, 11) is 0. The van der Waals surface area contributed by atoms with Gasteiger partial charge in [-0.1, -0.05) is 39.3 Å². The molecule has 1 spiro atoms. The lowest BCUT2D eigenvalue weighted by Crippen LogP contribution is -2.64. The molecule has 12 heteroatoms. The topological polar surface area (TPSA) is 177 Å². The van der Waals surface area contributed by atoms with Crippen molar-refractivity contribution >= 4 is 0 Å². The second-order valence-corrected chi connectivity index (χ2v) is 18.3. The lowest BCUT2D eigenvalue weighted by molar-refractivity contribution is -0.371. The summed E-state index contributed by atoms with van der Waals surface area (Å²) in [5, 5.41) is 64.8. The van der Waals surface area contributed by atoms with Crippen molar-refractivity contribution < 1.29 is 59.1 Å². The third-order valence-corrected chi connectivity index (χ3v) is 15.6. The maximum absolute atomic E-state index is 11.3. The van der Waals surface area contributed by atoms with Crippen molar-refractivity contribution in [2.75, 3.05) is 6.61 Å². The van der Waals surface area contributed by atoms with Gasteiger partial charge in [-0.15, -0.1) is 0 Å². The Kier molecular flexibility index (Phi) is 9.62. The Morgan fingerprint density at radius 1 is 0.765 bits per heavy atom. The van der Waals surface area contributed by atoms with E-state index in [0.717, 1.165) is 45.1 Å². The molecule has 6 N–H and O–H groups in total. The van der Waals surface area contributed by atoms with Crippen LogP contribution in [-0.4, -0.2) is 123 Å². The molecule has 0 bridgehead atoms. The van der Waals surface area contributed by atoms with Gasteiger partial charge in [0.1, 0.15) is 36.6 Å². The largest absolute Gasteiger partial charge is 0.393 e. The molecule has 8 rings (SSSR count). The van der Waals surface area contributed by atoms with Crippen LogP contribution >= 0.6 is 0 Å². The third kappa shape index (κ3) is 5.67. The van der Waals surface area contributed by atoms with Crippen molar-refractivity contribution in [1.29, 1.82) is 0 Å². The monoisotopic (exact) mass is 722 g/mol. The molecule has 4 aliphatic carbocycles. The van der Waals surface area contributed by atoms with Crippen molar-refractivity contribution in [3.05, 3.63) is 11.6 Å². The van der Waals surface area contributed by atoms with E-state index in [0.29, 0.717) is 48.3 Å². The van der Waals surface area contributed by atoms with Gasteiger partial charge in [-0.2, -0.15) is 0 Å². The van der Waals surface area contributed by atoms with E-state index in [1.807, 2.05) is 0 Å². The van der Waals surface area contributed by atoms with Crippen molar-refractivity contribution in [2.45, 2.75) is 178 Å². The van der Waals surface area contributed by atoms with E-state index < -0.39 is 84.8 Å². The van der Waals surface area contributed by atoms with Gasteiger partial charge in [-0.05, 0) is 87.4 Å². The summed E-state index contributed by atoms with van der Waals surface area (Å²) in [5.74, 6) is 2.06. The number of rotatable bonds is 4. The molecule has 4 aliphatic heterocycles. The molecule has 0 aromatic heterocycles. The van der Waals surface area contributed by atoms with Crippen LogP contribution in [0.4, 0.5) is 0 Å². The molecule has 22 atom stereocenters. The maximum atomic E-state index is 11.3. The second kappa shape index (κ2) is 13.2. The summed E-state index contributed by atoms with van der Waals surface area (Å²) in [5.41, 5.74) is 0.900. The van der Waals surface area contributed by atoms with E-state index in [9.17, 15) is 30.6 Å². The third-order valence-electron chi connectivity index (χ3n) is 15.6. The first-order valence-corrected chi connectivity index (χ1v) is 19.8. The molecule has 290 valence electrons. The summed E-state index contributed by atoms with van der Waals surface area (Å²) in [4.78, 5) is 0. The van der Waals surface area contributed by atoms with Crippen LogP contribution in [0.15, 0.2) is 11.6 Å². The van der Waals surface area contributed by atoms with E-state index in [4.69, 9.17) is 28.4 Å². The van der Waals surface area contributed by atoms with E-state index in [2.05, 4.69) is 33.8 Å². The average Bonchev–Trinajstić information content (AvgIpc) is 3.54. The Morgan fingerprint density at radius 2 is 1.47 bits per heavy atom. The quantitative estimate of drug-likeness (QED) is 0.234. The Hall–Kier alpha value is -0.740. The summed E-state index contributed by atoms with van der Waals surface area (Å²) < 4.78 is 38.4. The van der Waals surface area contributed by atoms with Gasteiger partial charge in [0.05, 0.1) is 37.1 Å². The van der Waals surface area contributed by atoms with E-state index in [-0.39, 0.29) is 11.5 Å². The number of aliphatic hydroxyl groups excluding tert-OH is 6. The van der Waals surface area contributed by atoms with E-state index >= 15 is 0 Å². The van der Waals surface area contributed by atoms with Crippen molar-refractivity contribution in [1.82, 2.24) is 0 Å². The number of hydrogen-bond acceptors (Lipinski definition) is 12. The van der Waals surface area contributed by atoms with Crippen molar-refractivity contribution in [3.63, 3.8) is 0 Å². The van der Waals surface area contributed by atoms with Crippen molar-refractivity contribution in [2.24, 2.45) is 46.3 Å². The molecule has 3 saturated carbocycles. The number of allylic oxidation sites excluding steroid dienone is 1. The van der Waals surface area contributed by atoms with E-state index in [1.54, 1.807) is 13.8 Å². The average molecular weight is 723 g/mol. The molecular weight excluding hydrogens is 660 g/mol. The summed E-state index contributed by atoms with van der Waals surface area (Å²) in [6.45, 7) is 13.4. The fourth-order valence-corrected chi connectivity index (χ4v) is 12.6. The highest BCUT2D eigenvalue weighted by molar-refractivity contribution is 5.29. The fraction of sp³-hybridized carbons (Fsp3) is 0.949. The molecule has 8 aliphatic rings. The van der Waals surface area contributed by atoms with Crippen LogP contribution in [-0.2, 0) is 28.4 Å². The van der Waals surface area contributed by atoms with Crippen LogP contribution < -0.4 is 0 Å². The van der Waals surface area contributed by atoms with Gasteiger partial charge >= 0.3 is 0 Å². The normalized spacial score (nSPS) is 59.8. The molecule has 7 fully saturated rings. The first-order valence-electron chi connectivity index (χ1n) is 19.8.